The minimum absolute atomic E-state index is 0.00641. The van der Waals surface area contributed by atoms with Gasteiger partial charge >= 0.3 is 12.4 Å². The third kappa shape index (κ3) is 5.02. The van der Waals surface area contributed by atoms with Gasteiger partial charge in [0.05, 0.1) is 17.7 Å². The highest BCUT2D eigenvalue weighted by Gasteiger charge is 2.38. The lowest BCUT2D eigenvalue weighted by Crippen LogP contribution is -2.12. The molecule has 0 aliphatic heterocycles. The zero-order chi connectivity index (χ0) is 18.8. The Hall–Kier alpha value is -1.93. The van der Waals surface area contributed by atoms with Crippen molar-refractivity contribution >= 4 is 11.6 Å². The van der Waals surface area contributed by atoms with Crippen molar-refractivity contribution in [3.8, 4) is 5.75 Å². The Morgan fingerprint density at radius 2 is 1.52 bits per heavy atom. The lowest BCUT2D eigenvalue weighted by atomic mass is 10.1. The smallest absolute Gasteiger partial charge is 0.419 e. The molecule has 0 amide bonds. The molecule has 0 saturated heterocycles. The zero-order valence-electron chi connectivity index (χ0n) is 12.4. The van der Waals surface area contributed by atoms with Gasteiger partial charge in [-0.05, 0) is 47.5 Å². The molecule has 2 aromatic carbocycles. The maximum Gasteiger partial charge on any atom is 0.419 e. The van der Waals surface area contributed by atoms with Crippen LogP contribution < -0.4 is 4.74 Å². The molecule has 0 aromatic heterocycles. The molecule has 1 N–H and O–H groups in total. The Bertz CT molecular complexity index is 755. The van der Waals surface area contributed by atoms with Crippen LogP contribution in [0.1, 0.15) is 22.3 Å². The summed E-state index contributed by atoms with van der Waals surface area (Å²) in [6, 6.07) is 5.49. The van der Waals surface area contributed by atoms with Gasteiger partial charge in [-0.1, -0.05) is 11.6 Å². The molecule has 0 saturated carbocycles. The molecule has 0 fully saturated rings. The van der Waals surface area contributed by atoms with Gasteiger partial charge in [0.15, 0.2) is 0 Å². The van der Waals surface area contributed by atoms with Crippen molar-refractivity contribution in [2.24, 2.45) is 0 Å². The normalized spacial score (nSPS) is 12.3. The van der Waals surface area contributed by atoms with Crippen molar-refractivity contribution in [2.75, 3.05) is 0 Å². The Balaban J connectivity index is 2.32. The van der Waals surface area contributed by atoms with E-state index < -0.39 is 29.2 Å². The van der Waals surface area contributed by atoms with E-state index in [2.05, 4.69) is 0 Å². The van der Waals surface area contributed by atoms with Gasteiger partial charge in [0.2, 0.25) is 0 Å². The number of benzene rings is 2. The third-order valence-electron chi connectivity index (χ3n) is 3.21. The monoisotopic (exact) mass is 384 g/mol. The van der Waals surface area contributed by atoms with Crippen LogP contribution in [-0.4, -0.2) is 5.11 Å². The van der Waals surface area contributed by atoms with Crippen LogP contribution in [0.25, 0.3) is 0 Å². The van der Waals surface area contributed by atoms with E-state index >= 15 is 0 Å². The van der Waals surface area contributed by atoms with Crippen molar-refractivity contribution in [3.05, 3.63) is 63.7 Å². The molecule has 0 bridgehead atoms. The summed E-state index contributed by atoms with van der Waals surface area (Å²) in [5, 5.41) is 9.32. The molecule has 0 aliphatic carbocycles. The van der Waals surface area contributed by atoms with Gasteiger partial charge in [0.1, 0.15) is 12.4 Å². The van der Waals surface area contributed by atoms with Crippen LogP contribution in [0.3, 0.4) is 0 Å². The lowest BCUT2D eigenvalue weighted by molar-refractivity contribution is -0.143. The molecule has 0 heterocycles. The summed E-state index contributed by atoms with van der Waals surface area (Å²) >= 11 is 5.81. The summed E-state index contributed by atoms with van der Waals surface area (Å²) in [5.41, 5.74) is -2.15. The average Bonchev–Trinajstić information content (AvgIpc) is 2.50. The van der Waals surface area contributed by atoms with E-state index in [1.54, 1.807) is 0 Å². The molecule has 2 nitrogen and oxygen atoms in total. The molecule has 136 valence electrons. The van der Waals surface area contributed by atoms with E-state index in [-0.39, 0.29) is 24.3 Å². The number of hydrogen-bond acceptors (Lipinski definition) is 2. The van der Waals surface area contributed by atoms with Crippen molar-refractivity contribution in [1.29, 1.82) is 0 Å². The second kappa shape index (κ2) is 7.13. The summed E-state index contributed by atoms with van der Waals surface area (Å²) in [4.78, 5) is 0. The van der Waals surface area contributed by atoms with Crippen LogP contribution in [0.5, 0.6) is 5.75 Å². The first-order valence-corrected chi connectivity index (χ1v) is 7.19. The van der Waals surface area contributed by atoms with Gasteiger partial charge in [0, 0.05) is 5.02 Å². The first-order chi connectivity index (χ1) is 11.5. The summed E-state index contributed by atoms with van der Waals surface area (Å²) in [7, 11) is 0. The van der Waals surface area contributed by atoms with Crippen LogP contribution in [-0.2, 0) is 25.6 Å². The number of hydrogen-bond donors (Lipinski definition) is 1. The largest absolute Gasteiger partial charge is 0.488 e. The van der Waals surface area contributed by atoms with Crippen LogP contribution >= 0.6 is 11.6 Å². The van der Waals surface area contributed by atoms with Gasteiger partial charge in [-0.2, -0.15) is 26.3 Å². The minimum atomic E-state index is -5.01. The highest BCUT2D eigenvalue weighted by atomic mass is 35.5. The van der Waals surface area contributed by atoms with Gasteiger partial charge in [-0.15, -0.1) is 0 Å². The standard InChI is InChI=1S/C16H11ClF6O2/c17-12-4-9(7-24)3-10(5-12)8-25-14-2-1-11(15(18,19)20)6-13(14)16(21,22)23/h1-6,24H,7-8H2. The Kier molecular flexibility index (Phi) is 5.53. The quantitative estimate of drug-likeness (QED) is 0.710. The molecule has 2 aromatic rings. The topological polar surface area (TPSA) is 29.5 Å². The van der Waals surface area contributed by atoms with E-state index in [1.165, 1.54) is 18.2 Å². The van der Waals surface area contributed by atoms with E-state index in [4.69, 9.17) is 21.4 Å². The third-order valence-corrected chi connectivity index (χ3v) is 3.42. The molecule has 0 unspecified atom stereocenters. The zero-order valence-corrected chi connectivity index (χ0v) is 13.1. The van der Waals surface area contributed by atoms with E-state index in [0.29, 0.717) is 23.3 Å². The molecule has 25 heavy (non-hydrogen) atoms. The Morgan fingerprint density at radius 1 is 0.880 bits per heavy atom. The number of aliphatic hydroxyl groups is 1. The highest BCUT2D eigenvalue weighted by Crippen LogP contribution is 2.40. The number of ether oxygens (including phenoxy) is 1. The fourth-order valence-electron chi connectivity index (χ4n) is 2.11. The first kappa shape index (κ1) is 19.4. The summed E-state index contributed by atoms with van der Waals surface area (Å²) in [6.45, 7) is -0.691. The number of alkyl halides is 6. The molecular weight excluding hydrogens is 374 g/mol. The van der Waals surface area contributed by atoms with E-state index in [1.807, 2.05) is 0 Å². The predicted molar refractivity (Wildman–Crippen MR) is 78.2 cm³/mol. The maximum atomic E-state index is 13.0. The molecule has 0 spiro atoms. The number of rotatable bonds is 4. The molecule has 0 radical (unpaired) electrons. The average molecular weight is 385 g/mol. The van der Waals surface area contributed by atoms with Crippen LogP contribution in [0.4, 0.5) is 26.3 Å². The second-order valence-corrected chi connectivity index (χ2v) is 5.56. The van der Waals surface area contributed by atoms with Gasteiger partial charge in [-0.25, -0.2) is 0 Å². The van der Waals surface area contributed by atoms with Gasteiger partial charge < -0.3 is 9.84 Å². The summed E-state index contributed by atoms with van der Waals surface area (Å²) in [5.74, 6) is -0.731. The van der Waals surface area contributed by atoms with Crippen LogP contribution in [0.2, 0.25) is 5.02 Å². The van der Waals surface area contributed by atoms with Crippen LogP contribution in [0, 0.1) is 0 Å². The van der Waals surface area contributed by atoms with Crippen molar-refractivity contribution < 1.29 is 36.2 Å². The number of halogens is 7. The fourth-order valence-corrected chi connectivity index (χ4v) is 2.39. The Labute approximate surface area is 143 Å². The molecule has 9 heteroatoms. The number of aliphatic hydroxyl groups excluding tert-OH is 1. The predicted octanol–water partition coefficient (Wildman–Crippen LogP) is 5.45. The highest BCUT2D eigenvalue weighted by molar-refractivity contribution is 6.30. The fraction of sp³-hybridized carbons (Fsp3) is 0.250. The van der Waals surface area contributed by atoms with E-state index in [0.717, 1.165) is 0 Å². The van der Waals surface area contributed by atoms with E-state index in [9.17, 15) is 26.3 Å². The molecule has 0 aliphatic rings. The SMILES string of the molecule is OCc1cc(Cl)cc(COc2ccc(C(F)(F)F)cc2C(F)(F)F)c1. The van der Waals surface area contributed by atoms with Gasteiger partial charge in [-0.3, -0.25) is 0 Å². The molecular formula is C16H11ClF6O2. The van der Waals surface area contributed by atoms with Crippen LogP contribution in [0.15, 0.2) is 36.4 Å². The van der Waals surface area contributed by atoms with Crippen molar-refractivity contribution in [3.63, 3.8) is 0 Å². The second-order valence-electron chi connectivity index (χ2n) is 5.12. The minimum Gasteiger partial charge on any atom is -0.488 e. The first-order valence-electron chi connectivity index (χ1n) is 6.81. The van der Waals surface area contributed by atoms with Gasteiger partial charge in [0.25, 0.3) is 0 Å². The molecule has 0 atom stereocenters. The van der Waals surface area contributed by atoms with Crippen molar-refractivity contribution in [2.45, 2.75) is 25.6 Å². The molecule has 2 rings (SSSR count). The lowest BCUT2D eigenvalue weighted by Gasteiger charge is -2.16. The summed E-state index contributed by atoms with van der Waals surface area (Å²) in [6.07, 6.45) is -9.91. The maximum absolute atomic E-state index is 13.0. The van der Waals surface area contributed by atoms with Crippen molar-refractivity contribution in [1.82, 2.24) is 0 Å². The summed E-state index contributed by atoms with van der Waals surface area (Å²) < 4.78 is 82.0. The Morgan fingerprint density at radius 3 is 2.08 bits per heavy atom.